The lowest BCUT2D eigenvalue weighted by atomic mass is 9.79. The molecule has 1 saturated heterocycles. The van der Waals surface area contributed by atoms with Gasteiger partial charge in [-0.15, -0.1) is 11.3 Å². The predicted molar refractivity (Wildman–Crippen MR) is 213 cm³/mol. The van der Waals surface area contributed by atoms with E-state index in [1.165, 1.54) is 17.6 Å². The van der Waals surface area contributed by atoms with Crippen LogP contribution >= 0.6 is 11.3 Å². The van der Waals surface area contributed by atoms with Crippen molar-refractivity contribution in [2.45, 2.75) is 104 Å². The van der Waals surface area contributed by atoms with E-state index in [2.05, 4.69) is 9.97 Å². The molecule has 4 heterocycles. The summed E-state index contributed by atoms with van der Waals surface area (Å²) < 4.78 is 28.9. The number of methoxy groups -OCH3 is 1. The summed E-state index contributed by atoms with van der Waals surface area (Å²) in [4.78, 5) is 35.4. The van der Waals surface area contributed by atoms with Crippen LogP contribution in [0.3, 0.4) is 0 Å². The number of hydrogen-bond donors (Lipinski definition) is 2. The second kappa shape index (κ2) is 20.5. The number of nitrogens with zero attached hydrogens (tertiary/aromatic N) is 2. The molecule has 4 bridgehead atoms. The topological polar surface area (TPSA) is 154 Å². The first-order valence-corrected chi connectivity index (χ1v) is 19.3. The molecule has 0 unspecified atom stereocenters. The molecule has 7 atom stereocenters. The Morgan fingerprint density at radius 1 is 0.800 bits per heavy atom. The van der Waals surface area contributed by atoms with Gasteiger partial charge in [0.25, 0.3) is 0 Å². The van der Waals surface area contributed by atoms with Crippen LogP contribution in [0.25, 0.3) is 6.08 Å². The summed E-state index contributed by atoms with van der Waals surface area (Å²) >= 11 is 1.35. The van der Waals surface area contributed by atoms with Crippen molar-refractivity contribution >= 4 is 29.4 Å². The van der Waals surface area contributed by atoms with Crippen molar-refractivity contribution in [1.82, 2.24) is 9.97 Å². The Hall–Kier alpha value is -4.46. The Kier molecular flexibility index (Phi) is 16.1. The van der Waals surface area contributed by atoms with Gasteiger partial charge in [0, 0.05) is 48.7 Å². The number of aliphatic hydroxyl groups is 2. The quantitative estimate of drug-likeness (QED) is 0.162. The molecule has 0 radical (unpaired) electrons. The van der Waals surface area contributed by atoms with E-state index in [0.29, 0.717) is 24.3 Å². The van der Waals surface area contributed by atoms with Crippen LogP contribution in [0.5, 0.6) is 0 Å². The molecule has 0 aliphatic carbocycles. The van der Waals surface area contributed by atoms with E-state index in [-0.39, 0.29) is 35.6 Å². The van der Waals surface area contributed by atoms with E-state index in [9.17, 15) is 19.8 Å². The number of hydrogen-bond acceptors (Lipinski definition) is 12. The standard InChI is InChI=1S/C43H54N2O9S/c1-8-18-34(46)42(3,4)36-23-14-12-10-11-13-20-29(50-7)26-39-45-31(28-55-39)41(49)54-37(43(5,6)35(47)19-9-2)24-17-22-33-32(52-33)21-15-16-25-38-44-30(27-51-38)40(48)53-36/h8-22,25,27-29,32-37,46-47H,23-24,26H2,1-7H3/b11-10-,14-12-,18-8+,19-9+,20-13+,21-15+,22-17-,25-16-/t29-,32-,33+,34-,35-,36-,37-/m0/s1. The van der Waals surface area contributed by atoms with Crippen LogP contribution in [0.4, 0.5) is 0 Å². The first-order chi connectivity index (χ1) is 26.3. The van der Waals surface area contributed by atoms with Gasteiger partial charge in [0.15, 0.2) is 11.4 Å². The van der Waals surface area contributed by atoms with Crippen molar-refractivity contribution in [3.05, 3.63) is 125 Å². The molecule has 2 aliphatic heterocycles. The largest absolute Gasteiger partial charge is 0.457 e. The Bertz CT molecular complexity index is 1810. The number of cyclic esters (lactones) is 2. The van der Waals surface area contributed by atoms with Gasteiger partial charge in [-0.25, -0.2) is 19.6 Å². The molecule has 0 saturated carbocycles. The van der Waals surface area contributed by atoms with Crippen molar-refractivity contribution in [2.24, 2.45) is 10.8 Å². The number of epoxide rings is 1. The first-order valence-electron chi connectivity index (χ1n) is 18.4. The van der Waals surface area contributed by atoms with Crippen LogP contribution in [-0.2, 0) is 25.4 Å². The van der Waals surface area contributed by atoms with E-state index < -0.39 is 47.2 Å². The van der Waals surface area contributed by atoms with Gasteiger partial charge in [-0.1, -0.05) is 119 Å². The normalized spacial score (nSPS) is 28.3. The van der Waals surface area contributed by atoms with Crippen molar-refractivity contribution in [3.8, 4) is 0 Å². The van der Waals surface area contributed by atoms with Crippen LogP contribution in [0, 0.1) is 10.8 Å². The van der Waals surface area contributed by atoms with E-state index in [4.69, 9.17) is 23.4 Å². The van der Waals surface area contributed by atoms with Gasteiger partial charge in [0.05, 0.1) is 23.3 Å². The van der Waals surface area contributed by atoms with Gasteiger partial charge in [-0.3, -0.25) is 0 Å². The number of fused-ring (bicyclic) bond motifs is 5. The highest BCUT2D eigenvalue weighted by Gasteiger charge is 2.40. The number of rotatable bonds is 7. The molecule has 4 rings (SSSR count). The van der Waals surface area contributed by atoms with Gasteiger partial charge >= 0.3 is 11.9 Å². The van der Waals surface area contributed by atoms with E-state index in [0.717, 1.165) is 0 Å². The molecule has 11 nitrogen and oxygen atoms in total. The summed E-state index contributed by atoms with van der Waals surface area (Å²) in [6.45, 7) is 11.1. The van der Waals surface area contributed by atoms with Crippen molar-refractivity contribution in [1.29, 1.82) is 0 Å². The third-order valence-corrected chi connectivity index (χ3v) is 10.5. The average Bonchev–Trinajstić information content (AvgIpc) is 3.47. The number of aromatic nitrogens is 2. The fraction of sp³-hybridized carbons (Fsp3) is 0.442. The summed E-state index contributed by atoms with van der Waals surface area (Å²) in [6, 6.07) is 0. The SMILES string of the molecule is C/C=C/[C@H](O)C(C)(C)[C@@H]1C\C=C/C=C\C=C\[C@H](OC)Cc2nc(cs2)C(=O)O[C@H](C(C)(C)[C@@H](O)/C=C/C)C/C=C\[C@H]2O[C@H]2/C=C/C=C\c2nc(co2)C(=O)O1. The van der Waals surface area contributed by atoms with Crippen LogP contribution in [0.2, 0.25) is 0 Å². The molecule has 2 aromatic heterocycles. The van der Waals surface area contributed by atoms with Crippen molar-refractivity contribution in [2.75, 3.05) is 7.11 Å². The minimum atomic E-state index is -0.866. The molecule has 55 heavy (non-hydrogen) atoms. The molecule has 2 aliphatic rings. The number of allylic oxidation sites excluding steroid dienone is 8. The molecule has 296 valence electrons. The molecular weight excluding hydrogens is 721 g/mol. The second-order valence-corrected chi connectivity index (χ2v) is 15.4. The molecule has 12 heteroatoms. The van der Waals surface area contributed by atoms with E-state index in [1.807, 2.05) is 96.2 Å². The zero-order valence-electron chi connectivity index (χ0n) is 32.6. The summed E-state index contributed by atoms with van der Waals surface area (Å²) in [5, 5.41) is 24.2. The van der Waals surface area contributed by atoms with Gasteiger partial charge in [-0.05, 0) is 13.8 Å². The number of ether oxygens (including phenoxy) is 4. The number of carbonyl (C=O) groups is 2. The molecule has 2 aromatic rings. The fourth-order valence-electron chi connectivity index (χ4n) is 5.68. The predicted octanol–water partition coefficient (Wildman–Crippen LogP) is 7.72. The third kappa shape index (κ3) is 12.5. The highest BCUT2D eigenvalue weighted by molar-refractivity contribution is 7.09. The highest BCUT2D eigenvalue weighted by atomic mass is 32.1. The van der Waals surface area contributed by atoms with Gasteiger partial charge in [0.1, 0.15) is 30.7 Å². The number of carbonyl (C=O) groups excluding carboxylic acids is 2. The number of esters is 2. The zero-order chi connectivity index (χ0) is 40.0. The van der Waals surface area contributed by atoms with Crippen LogP contribution < -0.4 is 0 Å². The monoisotopic (exact) mass is 774 g/mol. The number of oxazole rings is 1. The minimum absolute atomic E-state index is 0.0152. The average molecular weight is 775 g/mol. The van der Waals surface area contributed by atoms with Crippen molar-refractivity contribution < 1.29 is 43.2 Å². The molecule has 1 fully saturated rings. The third-order valence-electron chi connectivity index (χ3n) is 9.64. The first kappa shape index (κ1) is 43.3. The van der Waals surface area contributed by atoms with E-state index >= 15 is 0 Å². The zero-order valence-corrected chi connectivity index (χ0v) is 33.4. The smallest absolute Gasteiger partial charge is 0.360 e. The highest BCUT2D eigenvalue weighted by Crippen LogP contribution is 2.34. The Balaban J connectivity index is 1.58. The maximum Gasteiger partial charge on any atom is 0.360 e. The van der Waals surface area contributed by atoms with Gasteiger partial charge in [0.2, 0.25) is 5.89 Å². The van der Waals surface area contributed by atoms with Crippen LogP contribution in [0.1, 0.15) is 86.3 Å². The molecule has 0 spiro atoms. The lowest BCUT2D eigenvalue weighted by Gasteiger charge is -2.36. The summed E-state index contributed by atoms with van der Waals surface area (Å²) in [5.41, 5.74) is -1.42. The second-order valence-electron chi connectivity index (χ2n) is 14.5. The summed E-state index contributed by atoms with van der Waals surface area (Å²) in [7, 11) is 1.61. The number of thiazole rings is 1. The van der Waals surface area contributed by atoms with Crippen molar-refractivity contribution in [3.63, 3.8) is 0 Å². The molecule has 0 amide bonds. The molecule has 0 aromatic carbocycles. The molecule has 2 N–H and O–H groups in total. The number of aliphatic hydroxyl groups excluding tert-OH is 2. The lowest BCUT2D eigenvalue weighted by Crippen LogP contribution is -2.42. The maximum absolute atomic E-state index is 13.4. The van der Waals surface area contributed by atoms with Gasteiger partial charge in [-0.2, -0.15) is 0 Å². The Labute approximate surface area is 328 Å². The summed E-state index contributed by atoms with van der Waals surface area (Å²) in [6.07, 6.45) is 27.6. The Morgan fingerprint density at radius 2 is 1.40 bits per heavy atom. The lowest BCUT2D eigenvalue weighted by molar-refractivity contribution is -0.0461. The fourth-order valence-corrected chi connectivity index (χ4v) is 6.49. The van der Waals surface area contributed by atoms with Gasteiger partial charge < -0.3 is 33.6 Å². The van der Waals surface area contributed by atoms with Crippen LogP contribution in [-0.4, -0.2) is 82.0 Å². The van der Waals surface area contributed by atoms with E-state index in [1.54, 1.807) is 55.0 Å². The molecular formula is C43H54N2O9S. The Morgan fingerprint density at radius 3 is 2.05 bits per heavy atom. The minimum Gasteiger partial charge on any atom is -0.457 e. The maximum atomic E-state index is 13.4. The summed E-state index contributed by atoms with van der Waals surface area (Å²) in [5.74, 6) is -1.00. The van der Waals surface area contributed by atoms with Crippen LogP contribution in [0.15, 0.2) is 107 Å².